The number of nitrogens with zero attached hydrogens (tertiary/aromatic N) is 7. The molecule has 3 amide bonds. The Hall–Kier alpha value is -4.91. The number of hydrogen-bond donors (Lipinski definition) is 2. The Labute approximate surface area is 278 Å². The fraction of sp³-hybridized carbons (Fsp3) is 0.429. The lowest BCUT2D eigenvalue weighted by Gasteiger charge is -2.36. The molecule has 0 bridgehead atoms. The monoisotopic (exact) mass is 653 g/mol. The van der Waals surface area contributed by atoms with Crippen molar-refractivity contribution in [2.24, 2.45) is 0 Å². The van der Waals surface area contributed by atoms with Crippen LogP contribution in [0.3, 0.4) is 0 Å². The van der Waals surface area contributed by atoms with Gasteiger partial charge in [0.1, 0.15) is 23.0 Å². The van der Waals surface area contributed by atoms with E-state index >= 15 is 0 Å². The van der Waals surface area contributed by atoms with Crippen molar-refractivity contribution < 1.29 is 18.8 Å². The normalized spacial score (nSPS) is 19.1. The van der Waals surface area contributed by atoms with Crippen LogP contribution in [0.5, 0.6) is 0 Å². The van der Waals surface area contributed by atoms with Crippen molar-refractivity contribution >= 4 is 46.2 Å². The third-order valence-electron chi connectivity index (χ3n) is 9.70. The quantitative estimate of drug-likeness (QED) is 0.267. The molecule has 3 fully saturated rings. The number of pyridine rings is 1. The highest BCUT2D eigenvalue weighted by Gasteiger charge is 2.30. The summed E-state index contributed by atoms with van der Waals surface area (Å²) in [6.45, 7) is 3.84. The van der Waals surface area contributed by atoms with E-state index in [2.05, 4.69) is 35.0 Å². The number of anilines is 3. The van der Waals surface area contributed by atoms with Gasteiger partial charge in [-0.2, -0.15) is 4.98 Å². The molecule has 0 radical (unpaired) electrons. The van der Waals surface area contributed by atoms with Crippen LogP contribution in [0.2, 0.25) is 0 Å². The van der Waals surface area contributed by atoms with Gasteiger partial charge in [-0.25, -0.2) is 14.4 Å². The van der Waals surface area contributed by atoms with Gasteiger partial charge in [0.25, 0.3) is 5.91 Å². The first-order valence-electron chi connectivity index (χ1n) is 16.7. The van der Waals surface area contributed by atoms with Gasteiger partial charge < -0.3 is 19.7 Å². The first-order chi connectivity index (χ1) is 23.2. The van der Waals surface area contributed by atoms with Gasteiger partial charge in [0, 0.05) is 76.4 Å². The van der Waals surface area contributed by atoms with Crippen molar-refractivity contribution in [1.29, 1.82) is 0 Å². The lowest BCUT2D eigenvalue weighted by Crippen LogP contribution is -2.46. The summed E-state index contributed by atoms with van der Waals surface area (Å²) in [5.74, 6) is -0.755. The number of piperazine rings is 1. The number of hydrogen-bond acceptors (Lipinski definition) is 9. The summed E-state index contributed by atoms with van der Waals surface area (Å²) >= 11 is 0. The van der Waals surface area contributed by atoms with E-state index in [4.69, 9.17) is 4.98 Å². The van der Waals surface area contributed by atoms with Crippen LogP contribution in [-0.2, 0) is 16.1 Å². The number of benzene rings is 1. The van der Waals surface area contributed by atoms with E-state index in [0.717, 1.165) is 74.1 Å². The number of nitrogens with one attached hydrogen (secondary N) is 2. The fourth-order valence-corrected chi connectivity index (χ4v) is 7.12. The maximum absolute atomic E-state index is 15.0. The van der Waals surface area contributed by atoms with Crippen LogP contribution in [-0.4, -0.2) is 87.3 Å². The second-order valence-corrected chi connectivity index (χ2v) is 13.2. The number of rotatable bonds is 8. The second kappa shape index (κ2) is 13.3. The molecule has 1 saturated carbocycles. The number of carbonyl (C=O) groups is 3. The van der Waals surface area contributed by atoms with Crippen molar-refractivity contribution in [2.75, 3.05) is 50.5 Å². The standard InChI is InChI=1S/C35H40FN9O3/c1-42(2)34(48)29-18-23-19-38-35(41-32(23)45(29)24-5-3-4-6-24)39-30-11-8-25(20-37-30)44-15-13-43(14-16-44)21-22-7-9-26(28(36)17-22)27-10-12-31(46)40-33(27)47/h7-9,11,17-20,24,27H,3-6,10,12-16,21H2,1-2H3,(H,40,46,47)(H,37,38,39,41). The molecule has 48 heavy (non-hydrogen) atoms. The summed E-state index contributed by atoms with van der Waals surface area (Å²) in [7, 11) is 3.53. The van der Waals surface area contributed by atoms with E-state index in [-0.39, 0.29) is 24.3 Å². The van der Waals surface area contributed by atoms with Gasteiger partial charge in [-0.05, 0) is 49.1 Å². The molecule has 2 aliphatic heterocycles. The molecule has 2 N–H and O–H groups in total. The average Bonchev–Trinajstić information content (AvgIpc) is 3.74. The minimum Gasteiger partial charge on any atom is -0.368 e. The number of amides is 3. The lowest BCUT2D eigenvalue weighted by atomic mass is 9.89. The highest BCUT2D eigenvalue weighted by atomic mass is 19.1. The van der Waals surface area contributed by atoms with E-state index in [9.17, 15) is 18.8 Å². The van der Waals surface area contributed by atoms with Crippen LogP contribution in [0.25, 0.3) is 11.0 Å². The fourth-order valence-electron chi connectivity index (χ4n) is 7.12. The minimum absolute atomic E-state index is 0.0397. The molecule has 1 unspecified atom stereocenters. The first kappa shape index (κ1) is 31.7. The van der Waals surface area contributed by atoms with Crippen LogP contribution < -0.4 is 15.5 Å². The van der Waals surface area contributed by atoms with Crippen molar-refractivity contribution in [3.05, 3.63) is 71.4 Å². The SMILES string of the molecule is CN(C)C(=O)c1cc2cnc(Nc3ccc(N4CCN(Cc5ccc(C6CCC(=O)NC6=O)c(F)c5)CC4)cn3)nc2n1C1CCCC1. The van der Waals surface area contributed by atoms with Gasteiger partial charge in [0.15, 0.2) is 0 Å². The Morgan fingerprint density at radius 3 is 2.48 bits per heavy atom. The second-order valence-electron chi connectivity index (χ2n) is 13.2. The molecule has 0 spiro atoms. The molecular weight excluding hydrogens is 613 g/mol. The number of piperidine rings is 1. The molecule has 3 aliphatic rings. The number of carbonyl (C=O) groups excluding carboxylic acids is 3. The van der Waals surface area contributed by atoms with Gasteiger partial charge in [-0.3, -0.25) is 24.6 Å². The van der Waals surface area contributed by atoms with Crippen LogP contribution in [0.1, 0.15) is 72.1 Å². The summed E-state index contributed by atoms with van der Waals surface area (Å²) in [4.78, 5) is 56.8. The molecule has 250 valence electrons. The van der Waals surface area contributed by atoms with Gasteiger partial charge in [-0.15, -0.1) is 0 Å². The zero-order valence-corrected chi connectivity index (χ0v) is 27.3. The predicted octanol–water partition coefficient (Wildman–Crippen LogP) is 4.37. The number of fused-ring (bicyclic) bond motifs is 1. The molecule has 3 aromatic heterocycles. The van der Waals surface area contributed by atoms with Gasteiger partial charge in [-0.1, -0.05) is 25.0 Å². The summed E-state index contributed by atoms with van der Waals surface area (Å²) in [5.41, 5.74) is 3.61. The Bertz CT molecular complexity index is 1840. The zero-order valence-electron chi connectivity index (χ0n) is 27.3. The van der Waals surface area contributed by atoms with Crippen LogP contribution in [0.4, 0.5) is 21.8 Å². The maximum atomic E-state index is 15.0. The van der Waals surface area contributed by atoms with E-state index in [1.165, 1.54) is 6.07 Å². The number of aromatic nitrogens is 4. The Morgan fingerprint density at radius 1 is 1.00 bits per heavy atom. The number of imide groups is 1. The van der Waals surface area contributed by atoms with Crippen LogP contribution >= 0.6 is 0 Å². The Kier molecular flexibility index (Phi) is 8.78. The molecule has 1 aromatic carbocycles. The molecular formula is C35H40FN9O3. The van der Waals surface area contributed by atoms with E-state index in [0.29, 0.717) is 36.0 Å². The maximum Gasteiger partial charge on any atom is 0.270 e. The molecule has 1 atom stereocenters. The molecule has 4 aromatic rings. The first-order valence-corrected chi connectivity index (χ1v) is 16.7. The van der Waals surface area contributed by atoms with Gasteiger partial charge in [0.05, 0.1) is 17.8 Å². The van der Waals surface area contributed by atoms with Gasteiger partial charge >= 0.3 is 0 Å². The number of halogens is 1. The van der Waals surface area contributed by atoms with Crippen molar-refractivity contribution in [3.63, 3.8) is 0 Å². The lowest BCUT2D eigenvalue weighted by molar-refractivity contribution is -0.134. The molecule has 5 heterocycles. The minimum atomic E-state index is -0.631. The van der Waals surface area contributed by atoms with E-state index in [1.54, 1.807) is 31.3 Å². The Balaban J connectivity index is 0.967. The largest absolute Gasteiger partial charge is 0.368 e. The average molecular weight is 654 g/mol. The smallest absolute Gasteiger partial charge is 0.270 e. The van der Waals surface area contributed by atoms with Crippen molar-refractivity contribution in [1.82, 2.24) is 34.6 Å². The summed E-state index contributed by atoms with van der Waals surface area (Å²) in [6, 6.07) is 11.2. The van der Waals surface area contributed by atoms with Gasteiger partial charge in [0.2, 0.25) is 17.8 Å². The molecule has 12 nitrogen and oxygen atoms in total. The van der Waals surface area contributed by atoms with Crippen molar-refractivity contribution in [3.8, 4) is 0 Å². The highest BCUT2D eigenvalue weighted by molar-refractivity contribution is 6.01. The van der Waals surface area contributed by atoms with E-state index < -0.39 is 17.6 Å². The summed E-state index contributed by atoms with van der Waals surface area (Å²) in [5, 5.41) is 6.39. The Morgan fingerprint density at radius 2 is 1.79 bits per heavy atom. The molecule has 13 heteroatoms. The van der Waals surface area contributed by atoms with Crippen LogP contribution in [0, 0.1) is 5.82 Å². The highest BCUT2D eigenvalue weighted by Crippen LogP contribution is 2.35. The summed E-state index contributed by atoms with van der Waals surface area (Å²) < 4.78 is 17.1. The third kappa shape index (κ3) is 6.46. The van der Waals surface area contributed by atoms with Crippen molar-refractivity contribution in [2.45, 2.75) is 57.0 Å². The summed E-state index contributed by atoms with van der Waals surface area (Å²) in [6.07, 6.45) is 8.49. The van der Waals surface area contributed by atoms with Crippen LogP contribution in [0.15, 0.2) is 48.8 Å². The third-order valence-corrected chi connectivity index (χ3v) is 9.70. The molecule has 2 saturated heterocycles. The van der Waals surface area contributed by atoms with E-state index in [1.807, 2.05) is 30.5 Å². The zero-order chi connectivity index (χ0) is 33.4. The topological polar surface area (TPSA) is 129 Å². The predicted molar refractivity (Wildman–Crippen MR) is 180 cm³/mol. The molecule has 1 aliphatic carbocycles. The molecule has 7 rings (SSSR count).